The van der Waals surface area contributed by atoms with Gasteiger partial charge in [-0.05, 0) is 44.0 Å². The lowest BCUT2D eigenvalue weighted by Crippen LogP contribution is -2.45. The van der Waals surface area contributed by atoms with Gasteiger partial charge in [-0.15, -0.1) is 0 Å². The number of nitrogens with zero attached hydrogens (tertiary/aromatic N) is 2. The number of carbonyl (C=O) groups is 1. The summed E-state index contributed by atoms with van der Waals surface area (Å²) in [4.78, 5) is 19.8. The third-order valence-electron chi connectivity index (χ3n) is 4.90. The molecule has 2 aromatic carbocycles. The quantitative estimate of drug-likeness (QED) is 0.687. The van der Waals surface area contributed by atoms with E-state index in [1.165, 1.54) is 12.1 Å². The second-order valence-corrected chi connectivity index (χ2v) is 8.01. The van der Waals surface area contributed by atoms with Crippen molar-refractivity contribution in [3.05, 3.63) is 70.8 Å². The minimum absolute atomic E-state index is 0.0773. The molecule has 0 spiro atoms. The second-order valence-electron chi connectivity index (χ2n) is 8.01. The Morgan fingerprint density at radius 3 is 2.39 bits per heavy atom. The first-order valence-electron chi connectivity index (χ1n) is 10.1. The highest BCUT2D eigenvalue weighted by atomic mass is 19.4. The van der Waals surface area contributed by atoms with Crippen LogP contribution in [0.3, 0.4) is 0 Å². The number of aryl methyl sites for hydroxylation is 1. The summed E-state index contributed by atoms with van der Waals surface area (Å²) in [5.41, 5.74) is 2.81. The Balaban J connectivity index is 1.68. The van der Waals surface area contributed by atoms with Crippen LogP contribution in [0, 0.1) is 6.92 Å². The van der Waals surface area contributed by atoms with Crippen molar-refractivity contribution in [1.82, 2.24) is 10.2 Å². The molecule has 2 aromatic rings. The highest BCUT2D eigenvalue weighted by Gasteiger charge is 2.30. The Morgan fingerprint density at radius 2 is 1.81 bits per heavy atom. The minimum atomic E-state index is -4.39. The zero-order valence-corrected chi connectivity index (χ0v) is 17.7. The fraction of sp³-hybridized carbons (Fsp3) is 0.391. The van der Waals surface area contributed by atoms with E-state index in [2.05, 4.69) is 10.5 Å². The van der Waals surface area contributed by atoms with Crippen molar-refractivity contribution < 1.29 is 22.8 Å². The monoisotopic (exact) mass is 433 g/mol. The average Bonchev–Trinajstić information content (AvgIpc) is 3.16. The van der Waals surface area contributed by atoms with Gasteiger partial charge in [-0.1, -0.05) is 47.1 Å². The zero-order chi connectivity index (χ0) is 22.6. The van der Waals surface area contributed by atoms with E-state index in [9.17, 15) is 18.0 Å². The van der Waals surface area contributed by atoms with Gasteiger partial charge in [0.25, 0.3) is 0 Å². The molecule has 1 unspecified atom stereocenters. The van der Waals surface area contributed by atoms with E-state index in [0.717, 1.165) is 29.0 Å². The molecule has 31 heavy (non-hydrogen) atoms. The smallest absolute Gasteiger partial charge is 0.390 e. The summed E-state index contributed by atoms with van der Waals surface area (Å²) in [6.07, 6.45) is -4.18. The van der Waals surface area contributed by atoms with Gasteiger partial charge in [0.05, 0.1) is 17.8 Å². The van der Waals surface area contributed by atoms with E-state index >= 15 is 0 Å². The van der Waals surface area contributed by atoms with Crippen LogP contribution in [0.4, 0.5) is 18.0 Å². The first kappa shape index (κ1) is 22.7. The van der Waals surface area contributed by atoms with Crippen molar-refractivity contribution in [2.24, 2.45) is 5.16 Å². The summed E-state index contributed by atoms with van der Waals surface area (Å²) in [6.45, 7) is 6.12. The molecule has 3 rings (SSSR count). The molecule has 8 heteroatoms. The van der Waals surface area contributed by atoms with Crippen LogP contribution in [0.2, 0.25) is 0 Å². The molecule has 1 aliphatic rings. The lowest BCUT2D eigenvalue weighted by atomic mass is 10.0. The van der Waals surface area contributed by atoms with Gasteiger partial charge in [0.1, 0.15) is 0 Å². The first-order valence-corrected chi connectivity index (χ1v) is 10.1. The van der Waals surface area contributed by atoms with Crippen LogP contribution in [0.1, 0.15) is 42.5 Å². The molecule has 166 valence electrons. The van der Waals surface area contributed by atoms with Gasteiger partial charge < -0.3 is 15.1 Å². The number of nitrogens with one attached hydrogen (secondary N) is 1. The third kappa shape index (κ3) is 6.23. The maximum Gasteiger partial charge on any atom is 0.416 e. The molecule has 2 amide bonds. The predicted molar refractivity (Wildman–Crippen MR) is 113 cm³/mol. The number of carbonyl (C=O) groups excluding carboxylic acids is 1. The van der Waals surface area contributed by atoms with Gasteiger partial charge in [0, 0.05) is 19.0 Å². The molecular formula is C23H26F3N3O2. The summed E-state index contributed by atoms with van der Waals surface area (Å²) >= 11 is 0. The number of alkyl halides is 3. The standard InChI is InChI=1S/C23H26F3N3O2/c1-15(2)27-22(30)29(13-17-6-10-19(11-7-17)23(24,25)26)14-20-12-21(28-31-20)18-8-4-16(3)5-9-18/h4-11,15,20H,12-14H2,1-3H3,(H,27,30). The molecule has 5 nitrogen and oxygen atoms in total. The van der Waals surface area contributed by atoms with E-state index in [1.807, 2.05) is 45.0 Å². The Morgan fingerprint density at radius 1 is 1.16 bits per heavy atom. The lowest BCUT2D eigenvalue weighted by Gasteiger charge is -2.26. The van der Waals surface area contributed by atoms with Crippen molar-refractivity contribution in [3.63, 3.8) is 0 Å². The van der Waals surface area contributed by atoms with Crippen molar-refractivity contribution in [3.8, 4) is 0 Å². The summed E-state index contributed by atoms with van der Waals surface area (Å²) in [5, 5.41) is 7.01. The number of halogens is 3. The summed E-state index contributed by atoms with van der Waals surface area (Å²) < 4.78 is 38.5. The van der Waals surface area contributed by atoms with Crippen molar-refractivity contribution in [1.29, 1.82) is 0 Å². The number of hydrogen-bond donors (Lipinski definition) is 1. The van der Waals surface area contributed by atoms with E-state index in [-0.39, 0.29) is 31.3 Å². The normalized spacial score (nSPS) is 16.1. The average molecular weight is 433 g/mol. The SMILES string of the molecule is Cc1ccc(C2=NOC(CN(Cc3ccc(C(F)(F)F)cc3)C(=O)NC(C)C)C2)cc1. The number of benzene rings is 2. The van der Waals surface area contributed by atoms with Gasteiger partial charge in [0.2, 0.25) is 0 Å². The van der Waals surface area contributed by atoms with E-state index < -0.39 is 11.7 Å². The predicted octanol–water partition coefficient (Wildman–Crippen LogP) is 5.13. The number of urea groups is 1. The largest absolute Gasteiger partial charge is 0.416 e. The molecule has 1 heterocycles. The Labute approximate surface area is 179 Å². The molecule has 0 fully saturated rings. The van der Waals surface area contributed by atoms with Crippen LogP contribution >= 0.6 is 0 Å². The van der Waals surface area contributed by atoms with Crippen LogP contribution in [0.5, 0.6) is 0 Å². The van der Waals surface area contributed by atoms with Crippen molar-refractivity contribution in [2.45, 2.75) is 52.1 Å². The third-order valence-corrected chi connectivity index (χ3v) is 4.90. The van der Waals surface area contributed by atoms with Crippen LogP contribution < -0.4 is 5.32 Å². The van der Waals surface area contributed by atoms with E-state index in [4.69, 9.17) is 4.84 Å². The fourth-order valence-corrected chi connectivity index (χ4v) is 3.27. The Hall–Kier alpha value is -3.03. The molecule has 0 aromatic heterocycles. The minimum Gasteiger partial charge on any atom is -0.390 e. The van der Waals surface area contributed by atoms with E-state index in [1.54, 1.807) is 4.90 Å². The van der Waals surface area contributed by atoms with Gasteiger partial charge in [-0.2, -0.15) is 13.2 Å². The first-order chi connectivity index (χ1) is 14.6. The maximum absolute atomic E-state index is 12.8. The lowest BCUT2D eigenvalue weighted by molar-refractivity contribution is -0.137. The highest BCUT2D eigenvalue weighted by molar-refractivity contribution is 6.01. The molecule has 1 N–H and O–H groups in total. The molecule has 0 saturated carbocycles. The summed E-state index contributed by atoms with van der Waals surface area (Å²) in [5.74, 6) is 0. The topological polar surface area (TPSA) is 53.9 Å². The molecule has 1 aliphatic heterocycles. The van der Waals surface area contributed by atoms with Gasteiger partial charge >= 0.3 is 12.2 Å². The molecule has 1 atom stereocenters. The van der Waals surface area contributed by atoms with Gasteiger partial charge in [-0.3, -0.25) is 0 Å². The Bertz CT molecular complexity index is 923. The fourth-order valence-electron chi connectivity index (χ4n) is 3.27. The summed E-state index contributed by atoms with van der Waals surface area (Å²) in [7, 11) is 0. The Kier molecular flexibility index (Phi) is 6.87. The van der Waals surface area contributed by atoms with Crippen molar-refractivity contribution in [2.75, 3.05) is 6.54 Å². The van der Waals surface area contributed by atoms with Crippen LogP contribution in [-0.2, 0) is 17.6 Å². The molecule has 0 radical (unpaired) electrons. The molecular weight excluding hydrogens is 407 g/mol. The summed E-state index contributed by atoms with van der Waals surface area (Å²) in [6, 6.07) is 12.4. The molecule has 0 aliphatic carbocycles. The second kappa shape index (κ2) is 9.41. The number of oxime groups is 1. The zero-order valence-electron chi connectivity index (χ0n) is 17.7. The highest BCUT2D eigenvalue weighted by Crippen LogP contribution is 2.29. The van der Waals surface area contributed by atoms with Gasteiger partial charge in [0.15, 0.2) is 6.10 Å². The number of rotatable bonds is 6. The maximum atomic E-state index is 12.8. The number of amides is 2. The van der Waals surface area contributed by atoms with Gasteiger partial charge in [-0.25, -0.2) is 4.79 Å². The van der Waals surface area contributed by atoms with Crippen molar-refractivity contribution >= 4 is 11.7 Å². The van der Waals surface area contributed by atoms with Crippen LogP contribution in [0.25, 0.3) is 0 Å². The number of hydrogen-bond acceptors (Lipinski definition) is 3. The van der Waals surface area contributed by atoms with E-state index in [0.29, 0.717) is 12.0 Å². The van der Waals surface area contributed by atoms with Crippen LogP contribution in [0.15, 0.2) is 53.7 Å². The van der Waals surface area contributed by atoms with Crippen LogP contribution in [-0.4, -0.2) is 35.3 Å². The molecule has 0 saturated heterocycles. The molecule has 0 bridgehead atoms.